The number of H-pyrrole nitrogens is 1. The van der Waals surface area contributed by atoms with Crippen LogP contribution in [0.5, 0.6) is 0 Å². The van der Waals surface area contributed by atoms with Crippen molar-refractivity contribution >= 4 is 27.9 Å². The Morgan fingerprint density at radius 3 is 2.73 bits per heavy atom. The second kappa shape index (κ2) is 5.94. The van der Waals surface area contributed by atoms with E-state index in [1.54, 1.807) is 17.0 Å². The smallest absolute Gasteiger partial charge is 0.267 e. The van der Waals surface area contributed by atoms with Crippen LogP contribution >= 0.6 is 0 Å². The van der Waals surface area contributed by atoms with Gasteiger partial charge in [-0.2, -0.15) is 10.1 Å². The summed E-state index contributed by atoms with van der Waals surface area (Å²) in [6.45, 7) is 0. The highest BCUT2D eigenvalue weighted by Gasteiger charge is 2.19. The van der Waals surface area contributed by atoms with Crippen LogP contribution < -0.4 is 10.9 Å². The summed E-state index contributed by atoms with van der Waals surface area (Å²) in [4.78, 5) is 22.2. The number of rotatable bonds is 3. The average Bonchev–Trinajstić information content (AvgIpc) is 3.35. The van der Waals surface area contributed by atoms with E-state index in [1.807, 2.05) is 30.3 Å². The van der Waals surface area contributed by atoms with Crippen LogP contribution in [-0.2, 0) is 0 Å². The first-order valence-electron chi connectivity index (χ1n) is 8.88. The topological polar surface area (TPSA) is 88.5 Å². The van der Waals surface area contributed by atoms with Gasteiger partial charge in [-0.05, 0) is 25.0 Å². The quantitative estimate of drug-likeness (QED) is 0.595. The van der Waals surface area contributed by atoms with Crippen molar-refractivity contribution in [3.63, 3.8) is 0 Å². The predicted molar refractivity (Wildman–Crippen MR) is 101 cm³/mol. The molecule has 5 rings (SSSR count). The van der Waals surface area contributed by atoms with E-state index in [-0.39, 0.29) is 5.56 Å². The standard InChI is InChI=1S/C19H18N6O/c26-18-15-11-21-24-16(15)14-10-20-19(22-12-6-4-5-7-12)23-17(14)25(18)13-8-2-1-3-9-13/h1-3,8-12H,4-7H2,(H,21,24)(H,20,22,23). The Labute approximate surface area is 149 Å². The van der Waals surface area contributed by atoms with Crippen molar-refractivity contribution in [2.45, 2.75) is 31.7 Å². The lowest BCUT2D eigenvalue weighted by molar-refractivity contribution is 0.744. The number of aromatic amines is 1. The van der Waals surface area contributed by atoms with E-state index in [2.05, 4.69) is 20.5 Å². The third-order valence-electron chi connectivity index (χ3n) is 5.01. The number of para-hydroxylation sites is 1. The molecule has 1 aromatic carbocycles. The van der Waals surface area contributed by atoms with E-state index in [1.165, 1.54) is 12.8 Å². The van der Waals surface area contributed by atoms with Crippen LogP contribution in [0.4, 0.5) is 5.95 Å². The first kappa shape index (κ1) is 15.1. The molecule has 7 heteroatoms. The van der Waals surface area contributed by atoms with Crippen molar-refractivity contribution in [3.8, 4) is 5.69 Å². The maximum Gasteiger partial charge on any atom is 0.267 e. The SMILES string of the molecule is O=c1c2c[nH]nc2c2cnc(NC3CCCC3)nc2n1-c1ccccc1. The average molecular weight is 346 g/mol. The Hall–Kier alpha value is -3.22. The molecule has 3 aromatic heterocycles. The Morgan fingerprint density at radius 2 is 1.92 bits per heavy atom. The zero-order valence-corrected chi connectivity index (χ0v) is 14.1. The summed E-state index contributed by atoms with van der Waals surface area (Å²) < 4.78 is 1.63. The van der Waals surface area contributed by atoms with Crippen LogP contribution in [0.15, 0.2) is 47.5 Å². The highest BCUT2D eigenvalue weighted by Crippen LogP contribution is 2.24. The Morgan fingerprint density at radius 1 is 1.12 bits per heavy atom. The molecule has 1 aliphatic carbocycles. The minimum Gasteiger partial charge on any atom is -0.351 e. The van der Waals surface area contributed by atoms with Crippen LogP contribution in [0.3, 0.4) is 0 Å². The van der Waals surface area contributed by atoms with Gasteiger partial charge in [0.2, 0.25) is 5.95 Å². The monoisotopic (exact) mass is 346 g/mol. The van der Waals surface area contributed by atoms with Crippen molar-refractivity contribution in [1.29, 1.82) is 0 Å². The fourth-order valence-corrected chi connectivity index (χ4v) is 3.72. The summed E-state index contributed by atoms with van der Waals surface area (Å²) in [5, 5.41) is 11.7. The van der Waals surface area contributed by atoms with E-state index in [0.717, 1.165) is 23.9 Å². The summed E-state index contributed by atoms with van der Waals surface area (Å²) in [5.74, 6) is 0.559. The molecular weight excluding hydrogens is 328 g/mol. The van der Waals surface area contributed by atoms with Crippen LogP contribution in [0.1, 0.15) is 25.7 Å². The van der Waals surface area contributed by atoms with Gasteiger partial charge in [0.15, 0.2) is 5.65 Å². The fraction of sp³-hybridized carbons (Fsp3) is 0.263. The number of nitrogens with one attached hydrogen (secondary N) is 2. The number of hydrogen-bond donors (Lipinski definition) is 2. The summed E-state index contributed by atoms with van der Waals surface area (Å²) in [5.41, 5.74) is 1.80. The van der Waals surface area contributed by atoms with Gasteiger partial charge in [0, 0.05) is 18.4 Å². The normalized spacial score (nSPS) is 15.1. The fourth-order valence-electron chi connectivity index (χ4n) is 3.72. The predicted octanol–water partition coefficient (Wildman–Crippen LogP) is 3.01. The molecule has 4 aromatic rings. The lowest BCUT2D eigenvalue weighted by Crippen LogP contribution is -2.21. The molecule has 0 amide bonds. The Balaban J connectivity index is 1.77. The number of aromatic nitrogens is 5. The molecule has 0 spiro atoms. The van der Waals surface area contributed by atoms with Gasteiger partial charge in [0.25, 0.3) is 5.56 Å². The van der Waals surface area contributed by atoms with Crippen LogP contribution in [-0.4, -0.2) is 30.8 Å². The highest BCUT2D eigenvalue weighted by atomic mass is 16.1. The van der Waals surface area contributed by atoms with Gasteiger partial charge in [-0.3, -0.25) is 14.5 Å². The third-order valence-corrected chi connectivity index (χ3v) is 5.01. The molecule has 1 fully saturated rings. The molecule has 26 heavy (non-hydrogen) atoms. The number of fused-ring (bicyclic) bond motifs is 3. The van der Waals surface area contributed by atoms with E-state index in [0.29, 0.717) is 28.5 Å². The van der Waals surface area contributed by atoms with E-state index in [9.17, 15) is 4.79 Å². The molecular formula is C19H18N6O. The second-order valence-corrected chi connectivity index (χ2v) is 6.68. The van der Waals surface area contributed by atoms with Crippen molar-refractivity contribution in [1.82, 2.24) is 24.7 Å². The first-order valence-corrected chi connectivity index (χ1v) is 8.88. The van der Waals surface area contributed by atoms with E-state index >= 15 is 0 Å². The molecule has 7 nitrogen and oxygen atoms in total. The molecule has 0 aliphatic heterocycles. The minimum atomic E-state index is -0.141. The molecule has 2 N–H and O–H groups in total. The lowest BCUT2D eigenvalue weighted by Gasteiger charge is -2.14. The van der Waals surface area contributed by atoms with Crippen molar-refractivity contribution in [3.05, 3.63) is 53.1 Å². The minimum absolute atomic E-state index is 0.141. The molecule has 0 radical (unpaired) electrons. The van der Waals surface area contributed by atoms with Gasteiger partial charge in [-0.1, -0.05) is 31.0 Å². The molecule has 130 valence electrons. The van der Waals surface area contributed by atoms with Gasteiger partial charge in [0.05, 0.1) is 16.5 Å². The Kier molecular flexibility index (Phi) is 3.44. The summed E-state index contributed by atoms with van der Waals surface area (Å²) in [6.07, 6.45) is 8.10. The Bertz CT molecular complexity index is 1140. The van der Waals surface area contributed by atoms with Gasteiger partial charge in [-0.15, -0.1) is 0 Å². The van der Waals surface area contributed by atoms with E-state index in [4.69, 9.17) is 4.98 Å². The molecule has 0 saturated heterocycles. The van der Waals surface area contributed by atoms with E-state index < -0.39 is 0 Å². The summed E-state index contributed by atoms with van der Waals surface area (Å²) in [6, 6.07) is 9.95. The van der Waals surface area contributed by atoms with Gasteiger partial charge < -0.3 is 5.32 Å². The van der Waals surface area contributed by atoms with Gasteiger partial charge >= 0.3 is 0 Å². The molecule has 3 heterocycles. The maximum absolute atomic E-state index is 13.1. The molecule has 0 unspecified atom stereocenters. The van der Waals surface area contributed by atoms with Crippen molar-refractivity contribution in [2.24, 2.45) is 0 Å². The third kappa shape index (κ3) is 2.35. The van der Waals surface area contributed by atoms with Gasteiger partial charge in [-0.25, -0.2) is 4.98 Å². The van der Waals surface area contributed by atoms with Crippen LogP contribution in [0.2, 0.25) is 0 Å². The summed E-state index contributed by atoms with van der Waals surface area (Å²) >= 11 is 0. The summed E-state index contributed by atoms with van der Waals surface area (Å²) in [7, 11) is 0. The zero-order chi connectivity index (χ0) is 17.5. The number of anilines is 1. The first-order chi connectivity index (χ1) is 12.8. The lowest BCUT2D eigenvalue weighted by atomic mass is 10.2. The molecule has 0 bridgehead atoms. The number of nitrogens with zero attached hydrogens (tertiary/aromatic N) is 4. The van der Waals surface area contributed by atoms with Crippen molar-refractivity contribution < 1.29 is 0 Å². The molecule has 0 atom stereocenters. The second-order valence-electron chi connectivity index (χ2n) is 6.68. The van der Waals surface area contributed by atoms with Crippen LogP contribution in [0, 0.1) is 0 Å². The maximum atomic E-state index is 13.1. The zero-order valence-electron chi connectivity index (χ0n) is 14.1. The number of hydrogen-bond acceptors (Lipinski definition) is 5. The van der Waals surface area contributed by atoms with Gasteiger partial charge in [0.1, 0.15) is 5.52 Å². The number of pyridine rings is 1. The largest absolute Gasteiger partial charge is 0.351 e. The van der Waals surface area contributed by atoms with Crippen molar-refractivity contribution in [2.75, 3.05) is 5.32 Å². The van der Waals surface area contributed by atoms with Crippen LogP contribution in [0.25, 0.3) is 27.6 Å². The molecule has 1 aliphatic rings. The highest BCUT2D eigenvalue weighted by molar-refractivity contribution is 6.02. The molecule has 1 saturated carbocycles. The number of benzene rings is 1.